The fourth-order valence-corrected chi connectivity index (χ4v) is 1.62. The second-order valence-corrected chi connectivity index (χ2v) is 4.42. The third-order valence-corrected chi connectivity index (χ3v) is 2.86. The molecule has 0 saturated carbocycles. The molecule has 1 unspecified atom stereocenters. The summed E-state index contributed by atoms with van der Waals surface area (Å²) in [4.78, 5) is 13.2. The SMILES string of the molecule is Cc1ccc(C(C)CC(=O)N(C)CC#N)cc1. The predicted molar refractivity (Wildman–Crippen MR) is 67.5 cm³/mol. The lowest BCUT2D eigenvalue weighted by Gasteiger charge is -2.17. The van der Waals surface area contributed by atoms with Crippen molar-refractivity contribution in [3.8, 4) is 6.07 Å². The van der Waals surface area contributed by atoms with Gasteiger partial charge in [-0.2, -0.15) is 5.26 Å². The highest BCUT2D eigenvalue weighted by Crippen LogP contribution is 2.20. The maximum Gasteiger partial charge on any atom is 0.223 e. The van der Waals surface area contributed by atoms with E-state index < -0.39 is 0 Å². The van der Waals surface area contributed by atoms with Gasteiger partial charge in [0.25, 0.3) is 0 Å². The average molecular weight is 230 g/mol. The van der Waals surface area contributed by atoms with Crippen molar-refractivity contribution < 1.29 is 4.79 Å². The van der Waals surface area contributed by atoms with Crippen LogP contribution in [0.3, 0.4) is 0 Å². The highest BCUT2D eigenvalue weighted by Gasteiger charge is 2.14. The summed E-state index contributed by atoms with van der Waals surface area (Å²) in [6.07, 6.45) is 0.446. The van der Waals surface area contributed by atoms with Crippen molar-refractivity contribution in [1.29, 1.82) is 5.26 Å². The highest BCUT2D eigenvalue weighted by atomic mass is 16.2. The van der Waals surface area contributed by atoms with Crippen molar-refractivity contribution in [2.45, 2.75) is 26.2 Å². The van der Waals surface area contributed by atoms with Crippen LogP contribution in [0.4, 0.5) is 0 Å². The minimum atomic E-state index is 0.0135. The first-order valence-electron chi connectivity index (χ1n) is 5.72. The van der Waals surface area contributed by atoms with Crippen molar-refractivity contribution in [1.82, 2.24) is 4.90 Å². The molecule has 17 heavy (non-hydrogen) atoms. The monoisotopic (exact) mass is 230 g/mol. The number of rotatable bonds is 4. The molecular weight excluding hydrogens is 212 g/mol. The molecule has 3 heteroatoms. The molecule has 0 bridgehead atoms. The number of amides is 1. The van der Waals surface area contributed by atoms with E-state index in [0.29, 0.717) is 6.42 Å². The number of carbonyl (C=O) groups excluding carboxylic acids is 1. The third kappa shape index (κ3) is 3.92. The fourth-order valence-electron chi connectivity index (χ4n) is 1.62. The third-order valence-electron chi connectivity index (χ3n) is 2.86. The van der Waals surface area contributed by atoms with E-state index in [1.54, 1.807) is 7.05 Å². The molecule has 1 atom stereocenters. The van der Waals surface area contributed by atoms with Crippen LogP contribution in [0, 0.1) is 18.3 Å². The van der Waals surface area contributed by atoms with Gasteiger partial charge >= 0.3 is 0 Å². The molecular formula is C14H18N2O. The molecule has 1 amide bonds. The smallest absolute Gasteiger partial charge is 0.223 e. The molecule has 0 aliphatic heterocycles. The Morgan fingerprint density at radius 2 is 2.00 bits per heavy atom. The van der Waals surface area contributed by atoms with Crippen molar-refractivity contribution in [3.05, 3.63) is 35.4 Å². The number of nitriles is 1. The van der Waals surface area contributed by atoms with Crippen LogP contribution in [0.5, 0.6) is 0 Å². The van der Waals surface area contributed by atoms with E-state index in [-0.39, 0.29) is 18.4 Å². The van der Waals surface area contributed by atoms with E-state index in [1.165, 1.54) is 10.5 Å². The lowest BCUT2D eigenvalue weighted by molar-refractivity contribution is -0.129. The zero-order chi connectivity index (χ0) is 12.8. The molecule has 1 rings (SSSR count). The number of benzene rings is 1. The van der Waals surface area contributed by atoms with E-state index in [4.69, 9.17) is 5.26 Å². The molecule has 90 valence electrons. The van der Waals surface area contributed by atoms with Gasteiger partial charge in [-0.15, -0.1) is 0 Å². The zero-order valence-electron chi connectivity index (χ0n) is 10.6. The Morgan fingerprint density at radius 1 is 1.41 bits per heavy atom. The molecule has 0 aliphatic carbocycles. The van der Waals surface area contributed by atoms with Crippen LogP contribution in [0.15, 0.2) is 24.3 Å². The van der Waals surface area contributed by atoms with Crippen LogP contribution in [0.1, 0.15) is 30.4 Å². The van der Waals surface area contributed by atoms with Gasteiger partial charge in [-0.05, 0) is 18.4 Å². The van der Waals surface area contributed by atoms with Gasteiger partial charge in [0.2, 0.25) is 5.91 Å². The topological polar surface area (TPSA) is 44.1 Å². The quantitative estimate of drug-likeness (QED) is 0.746. The number of hydrogen-bond donors (Lipinski definition) is 0. The number of aryl methyl sites for hydroxylation is 1. The first kappa shape index (κ1) is 13.2. The van der Waals surface area contributed by atoms with Crippen LogP contribution < -0.4 is 0 Å². The van der Waals surface area contributed by atoms with E-state index >= 15 is 0 Å². The highest BCUT2D eigenvalue weighted by molar-refractivity contribution is 5.77. The molecule has 3 nitrogen and oxygen atoms in total. The largest absolute Gasteiger partial charge is 0.332 e. The van der Waals surface area contributed by atoms with Gasteiger partial charge < -0.3 is 4.90 Å². The normalized spacial score (nSPS) is 11.6. The average Bonchev–Trinajstić information content (AvgIpc) is 2.30. The van der Waals surface area contributed by atoms with E-state index in [1.807, 2.05) is 19.9 Å². The van der Waals surface area contributed by atoms with Crippen LogP contribution in [0.25, 0.3) is 0 Å². The van der Waals surface area contributed by atoms with Gasteiger partial charge in [0, 0.05) is 13.5 Å². The Labute approximate surface area is 103 Å². The lowest BCUT2D eigenvalue weighted by atomic mass is 9.96. The summed E-state index contributed by atoms with van der Waals surface area (Å²) in [5.41, 5.74) is 2.38. The van der Waals surface area contributed by atoms with Crippen LogP contribution in [-0.2, 0) is 4.79 Å². The Bertz CT molecular complexity index is 417. The van der Waals surface area contributed by atoms with E-state index in [2.05, 4.69) is 24.3 Å². The summed E-state index contributed by atoms with van der Waals surface area (Å²) in [5, 5.41) is 8.52. The molecule has 0 heterocycles. The van der Waals surface area contributed by atoms with Crippen molar-refractivity contribution in [2.75, 3.05) is 13.6 Å². The van der Waals surface area contributed by atoms with Crippen LogP contribution >= 0.6 is 0 Å². The summed E-state index contributed by atoms with van der Waals surface area (Å²) in [6, 6.07) is 10.2. The Balaban J connectivity index is 2.60. The second-order valence-electron chi connectivity index (χ2n) is 4.42. The number of carbonyl (C=O) groups is 1. The van der Waals surface area contributed by atoms with Gasteiger partial charge in [-0.1, -0.05) is 36.8 Å². The standard InChI is InChI=1S/C14H18N2O/c1-11-4-6-13(7-5-11)12(2)10-14(17)16(3)9-8-15/h4-7,12H,9-10H2,1-3H3. The summed E-state index contributed by atoms with van der Waals surface area (Å²) in [6.45, 7) is 4.22. The zero-order valence-corrected chi connectivity index (χ0v) is 10.6. The minimum Gasteiger partial charge on any atom is -0.332 e. The first-order valence-corrected chi connectivity index (χ1v) is 5.72. The second kappa shape index (κ2) is 6.05. The molecule has 0 aliphatic rings. The summed E-state index contributed by atoms with van der Waals surface area (Å²) in [5.74, 6) is 0.198. The van der Waals surface area contributed by atoms with Crippen molar-refractivity contribution >= 4 is 5.91 Å². The van der Waals surface area contributed by atoms with Crippen LogP contribution in [0.2, 0.25) is 0 Å². The molecule has 0 aromatic heterocycles. The Kier molecular flexibility index (Phi) is 4.71. The fraction of sp³-hybridized carbons (Fsp3) is 0.429. The van der Waals surface area contributed by atoms with Gasteiger partial charge in [0.15, 0.2) is 0 Å². The molecule has 0 radical (unpaired) electrons. The maximum atomic E-state index is 11.8. The Hall–Kier alpha value is -1.82. The van der Waals surface area contributed by atoms with Crippen molar-refractivity contribution in [2.24, 2.45) is 0 Å². The molecule has 1 aromatic carbocycles. The number of hydrogen-bond acceptors (Lipinski definition) is 2. The molecule has 0 N–H and O–H groups in total. The van der Waals surface area contributed by atoms with Crippen molar-refractivity contribution in [3.63, 3.8) is 0 Å². The maximum absolute atomic E-state index is 11.8. The lowest BCUT2D eigenvalue weighted by Crippen LogP contribution is -2.27. The minimum absolute atomic E-state index is 0.0135. The summed E-state index contributed by atoms with van der Waals surface area (Å²) in [7, 11) is 1.66. The predicted octanol–water partition coefficient (Wildman–Crippen LogP) is 2.47. The van der Waals surface area contributed by atoms with Crippen LogP contribution in [-0.4, -0.2) is 24.4 Å². The Morgan fingerprint density at radius 3 is 2.53 bits per heavy atom. The summed E-state index contributed by atoms with van der Waals surface area (Å²) < 4.78 is 0. The van der Waals surface area contributed by atoms with Gasteiger partial charge in [0.05, 0.1) is 6.07 Å². The van der Waals surface area contributed by atoms with E-state index in [0.717, 1.165) is 5.56 Å². The first-order chi connectivity index (χ1) is 8.04. The van der Waals surface area contributed by atoms with E-state index in [9.17, 15) is 4.79 Å². The summed E-state index contributed by atoms with van der Waals surface area (Å²) >= 11 is 0. The van der Waals surface area contributed by atoms with Gasteiger partial charge in [-0.25, -0.2) is 0 Å². The van der Waals surface area contributed by atoms with Gasteiger partial charge in [0.1, 0.15) is 6.54 Å². The number of nitrogens with zero attached hydrogens (tertiary/aromatic N) is 2. The van der Waals surface area contributed by atoms with Gasteiger partial charge in [-0.3, -0.25) is 4.79 Å². The molecule has 0 fully saturated rings. The molecule has 1 aromatic rings. The molecule has 0 saturated heterocycles. The molecule has 0 spiro atoms.